The summed E-state index contributed by atoms with van der Waals surface area (Å²) in [5.74, 6) is 0. The van der Waals surface area contributed by atoms with Crippen molar-refractivity contribution in [3.8, 4) is 0 Å². The Morgan fingerprint density at radius 3 is 2.29 bits per heavy atom. The fourth-order valence-corrected chi connectivity index (χ4v) is 3.19. The number of allylic oxidation sites excluding steroid dienone is 4. The van der Waals surface area contributed by atoms with E-state index in [0.717, 1.165) is 6.42 Å². The van der Waals surface area contributed by atoms with Crippen LogP contribution in [-0.2, 0) is 0 Å². The predicted octanol–water partition coefficient (Wildman–Crippen LogP) is 4.76. The molecule has 0 aromatic rings. The fraction of sp³-hybridized carbons (Fsp3) is 0.615. The number of rotatable bonds is 1. The highest BCUT2D eigenvalue weighted by Crippen LogP contribution is 2.54. The molecule has 0 unspecified atom stereocenters. The number of hydrogen-bond acceptors (Lipinski definition) is 1. The van der Waals surface area contributed by atoms with Crippen LogP contribution in [0.5, 0.6) is 0 Å². The first-order valence-corrected chi connectivity index (χ1v) is 6.35. The third kappa shape index (κ3) is 2.19. The third-order valence-corrected chi connectivity index (χ3v) is 4.15. The zero-order valence-corrected chi connectivity index (χ0v) is 10.3. The zero-order valence-electron chi connectivity index (χ0n) is 9.52. The molecule has 1 fully saturated rings. The quantitative estimate of drug-likeness (QED) is 0.613. The maximum Gasteiger partial charge on any atom is 0.398 e. The summed E-state index contributed by atoms with van der Waals surface area (Å²) in [6.45, 7) is 0. The van der Waals surface area contributed by atoms with Crippen LogP contribution in [0.3, 0.4) is 0 Å². The summed E-state index contributed by atoms with van der Waals surface area (Å²) in [7, 11) is 0. The van der Waals surface area contributed by atoms with Crippen molar-refractivity contribution in [3.63, 3.8) is 0 Å². The van der Waals surface area contributed by atoms with E-state index in [9.17, 15) is 13.2 Å². The van der Waals surface area contributed by atoms with Crippen LogP contribution in [0.25, 0.3) is 0 Å². The van der Waals surface area contributed by atoms with E-state index in [1.165, 1.54) is 0 Å². The summed E-state index contributed by atoms with van der Waals surface area (Å²) < 4.78 is 40.3. The predicted molar refractivity (Wildman–Crippen MR) is 66.0 cm³/mol. The van der Waals surface area contributed by atoms with Crippen molar-refractivity contribution in [2.45, 2.75) is 44.7 Å². The lowest BCUT2D eigenvalue weighted by Crippen LogP contribution is -2.43. The summed E-state index contributed by atoms with van der Waals surface area (Å²) >= 11 is 5.13. The smallest absolute Gasteiger partial charge is 0.170 e. The second-order valence-corrected chi connectivity index (χ2v) is 5.27. The average Bonchev–Trinajstić information content (AvgIpc) is 2.29. The topological polar surface area (TPSA) is 0 Å². The Hall–Kier alpha value is -0.640. The molecule has 4 heteroatoms. The Morgan fingerprint density at radius 1 is 1.12 bits per heavy atom. The van der Waals surface area contributed by atoms with Gasteiger partial charge in [0, 0.05) is 11.3 Å². The SMILES string of the molecule is FC(F)(F)C1(C2=CC=CCC2=S)CCCCC1. The van der Waals surface area contributed by atoms with Crippen molar-refractivity contribution in [1.82, 2.24) is 0 Å². The summed E-state index contributed by atoms with van der Waals surface area (Å²) in [6, 6.07) is 0. The molecule has 0 aromatic heterocycles. The van der Waals surface area contributed by atoms with Gasteiger partial charge in [0.2, 0.25) is 0 Å². The Morgan fingerprint density at radius 2 is 1.76 bits per heavy atom. The van der Waals surface area contributed by atoms with Crippen molar-refractivity contribution < 1.29 is 13.2 Å². The summed E-state index contributed by atoms with van der Waals surface area (Å²) in [6.07, 6.45) is 3.94. The van der Waals surface area contributed by atoms with Gasteiger partial charge in [0.1, 0.15) is 0 Å². The molecule has 0 amide bonds. The van der Waals surface area contributed by atoms with E-state index in [1.807, 2.05) is 6.08 Å². The van der Waals surface area contributed by atoms with Gasteiger partial charge >= 0.3 is 6.18 Å². The monoisotopic (exact) mass is 260 g/mol. The van der Waals surface area contributed by atoms with Gasteiger partial charge in [-0.05, 0) is 18.4 Å². The number of thiocarbonyl (C=S) groups is 1. The van der Waals surface area contributed by atoms with Gasteiger partial charge in [-0.3, -0.25) is 0 Å². The van der Waals surface area contributed by atoms with E-state index < -0.39 is 11.6 Å². The molecular formula is C13H15F3S. The van der Waals surface area contributed by atoms with Crippen molar-refractivity contribution >= 4 is 17.1 Å². The van der Waals surface area contributed by atoms with Crippen molar-refractivity contribution in [3.05, 3.63) is 23.8 Å². The minimum absolute atomic E-state index is 0.191. The molecular weight excluding hydrogens is 245 g/mol. The molecule has 0 N–H and O–H groups in total. The highest BCUT2D eigenvalue weighted by Gasteiger charge is 2.57. The minimum atomic E-state index is -4.19. The van der Waals surface area contributed by atoms with E-state index in [-0.39, 0.29) is 12.8 Å². The first-order valence-electron chi connectivity index (χ1n) is 5.95. The maximum atomic E-state index is 13.4. The van der Waals surface area contributed by atoms with E-state index >= 15 is 0 Å². The lowest BCUT2D eigenvalue weighted by molar-refractivity contribution is -0.217. The normalized spacial score (nSPS) is 24.6. The third-order valence-electron chi connectivity index (χ3n) is 3.77. The summed E-state index contributed by atoms with van der Waals surface area (Å²) in [5.41, 5.74) is -1.32. The van der Waals surface area contributed by atoms with Gasteiger partial charge in [0.25, 0.3) is 0 Å². The molecule has 2 rings (SSSR count). The molecule has 0 heterocycles. The summed E-state index contributed by atoms with van der Waals surface area (Å²) in [4.78, 5) is 0.465. The lowest BCUT2D eigenvalue weighted by Gasteiger charge is -2.41. The van der Waals surface area contributed by atoms with Crippen LogP contribution in [0.15, 0.2) is 23.8 Å². The number of halogens is 3. The molecule has 0 nitrogen and oxygen atoms in total. The first kappa shape index (κ1) is 12.8. The highest BCUT2D eigenvalue weighted by atomic mass is 32.1. The molecule has 0 aliphatic heterocycles. The highest BCUT2D eigenvalue weighted by molar-refractivity contribution is 7.80. The Labute approximate surface area is 105 Å². The second-order valence-electron chi connectivity index (χ2n) is 4.78. The van der Waals surface area contributed by atoms with Gasteiger partial charge in [-0.1, -0.05) is 49.7 Å². The van der Waals surface area contributed by atoms with Gasteiger partial charge in [-0.15, -0.1) is 0 Å². The Kier molecular flexibility index (Phi) is 3.43. The molecule has 0 saturated heterocycles. The van der Waals surface area contributed by atoms with E-state index in [4.69, 9.17) is 12.2 Å². The van der Waals surface area contributed by atoms with Crippen LogP contribution in [0.4, 0.5) is 13.2 Å². The van der Waals surface area contributed by atoms with E-state index in [1.54, 1.807) is 12.2 Å². The van der Waals surface area contributed by atoms with Crippen molar-refractivity contribution in [1.29, 1.82) is 0 Å². The molecule has 0 spiro atoms. The van der Waals surface area contributed by atoms with Crippen LogP contribution >= 0.6 is 12.2 Å². The number of hydrogen-bond donors (Lipinski definition) is 0. The average molecular weight is 260 g/mol. The maximum absolute atomic E-state index is 13.4. The minimum Gasteiger partial charge on any atom is -0.170 e. The van der Waals surface area contributed by atoms with Crippen molar-refractivity contribution in [2.75, 3.05) is 0 Å². The van der Waals surface area contributed by atoms with Gasteiger partial charge in [-0.2, -0.15) is 13.2 Å². The largest absolute Gasteiger partial charge is 0.398 e. The van der Waals surface area contributed by atoms with Crippen LogP contribution in [0.2, 0.25) is 0 Å². The van der Waals surface area contributed by atoms with E-state index in [2.05, 4.69) is 0 Å². The first-order chi connectivity index (χ1) is 7.97. The Bertz CT molecular complexity index is 371. The van der Waals surface area contributed by atoms with Gasteiger partial charge in [0.05, 0.1) is 5.41 Å². The molecule has 1 saturated carbocycles. The van der Waals surface area contributed by atoms with Crippen LogP contribution in [0, 0.1) is 5.41 Å². The second kappa shape index (κ2) is 4.56. The Balaban J connectivity index is 2.43. The summed E-state index contributed by atoms with van der Waals surface area (Å²) in [5, 5.41) is 0. The molecule has 0 atom stereocenters. The van der Waals surface area contributed by atoms with Crippen LogP contribution < -0.4 is 0 Å². The van der Waals surface area contributed by atoms with Gasteiger partial charge < -0.3 is 0 Å². The lowest BCUT2D eigenvalue weighted by atomic mass is 9.66. The van der Waals surface area contributed by atoms with Crippen molar-refractivity contribution in [2.24, 2.45) is 5.41 Å². The molecule has 2 aliphatic carbocycles. The molecule has 17 heavy (non-hydrogen) atoms. The number of alkyl halides is 3. The van der Waals surface area contributed by atoms with Gasteiger partial charge in [-0.25, -0.2) is 0 Å². The fourth-order valence-electron chi connectivity index (χ4n) is 2.83. The van der Waals surface area contributed by atoms with Crippen LogP contribution in [0.1, 0.15) is 38.5 Å². The molecule has 94 valence electrons. The molecule has 0 radical (unpaired) electrons. The van der Waals surface area contributed by atoms with Gasteiger partial charge in [0.15, 0.2) is 0 Å². The standard InChI is InChI=1S/C13H15F3S/c14-13(15,16)12(8-4-1-5-9-12)10-6-2-3-7-11(10)17/h2-3,6H,1,4-5,7-9H2. The molecule has 0 bridgehead atoms. The van der Waals surface area contributed by atoms with Crippen LogP contribution in [-0.4, -0.2) is 11.0 Å². The molecule has 0 aromatic carbocycles. The zero-order chi connectivity index (χ0) is 12.5. The van der Waals surface area contributed by atoms with E-state index in [0.29, 0.717) is 29.7 Å². The molecule has 2 aliphatic rings.